The Kier molecular flexibility index (Phi) is 9.47. The minimum atomic E-state index is 0. The van der Waals surface area contributed by atoms with Gasteiger partial charge in [-0.2, -0.15) is 0 Å². The Hall–Kier alpha value is -0.860. The standard InChI is InChI=1S/C25H40N4O.HI/c1-3-26-24(27-20-25(12-17-30-18-13-25)29-14-7-8-15-29)28-16-11-23(21(2)19-28)22-9-5-4-6-10-22;/h4-6,9-10,21,23H,3,7-8,11-20H2,1-2H3,(H,26,27);1H. The van der Waals surface area contributed by atoms with Gasteiger partial charge in [-0.3, -0.25) is 9.89 Å². The Bertz CT molecular complexity index is 686. The maximum absolute atomic E-state index is 5.72. The highest BCUT2D eigenvalue weighted by atomic mass is 127. The Morgan fingerprint density at radius 2 is 1.84 bits per heavy atom. The van der Waals surface area contributed by atoms with E-state index in [2.05, 4.69) is 59.3 Å². The first-order chi connectivity index (χ1) is 14.7. The van der Waals surface area contributed by atoms with Gasteiger partial charge in [-0.25, -0.2) is 0 Å². The molecule has 0 bridgehead atoms. The molecule has 1 N–H and O–H groups in total. The number of piperidine rings is 1. The van der Waals surface area contributed by atoms with E-state index in [1.54, 1.807) is 0 Å². The zero-order valence-corrected chi connectivity index (χ0v) is 21.7. The summed E-state index contributed by atoms with van der Waals surface area (Å²) in [4.78, 5) is 10.5. The first kappa shape index (κ1) is 24.8. The highest BCUT2D eigenvalue weighted by Gasteiger charge is 2.40. The number of guanidine groups is 1. The predicted molar refractivity (Wildman–Crippen MR) is 140 cm³/mol. The minimum absolute atomic E-state index is 0. The largest absolute Gasteiger partial charge is 0.381 e. The van der Waals surface area contributed by atoms with Crippen molar-refractivity contribution in [3.05, 3.63) is 35.9 Å². The molecule has 31 heavy (non-hydrogen) atoms. The van der Waals surface area contributed by atoms with Gasteiger partial charge >= 0.3 is 0 Å². The van der Waals surface area contributed by atoms with Crippen molar-refractivity contribution in [1.29, 1.82) is 0 Å². The SMILES string of the molecule is CCNC(=NCC1(N2CCCC2)CCOCC1)N1CCC(c2ccccc2)C(C)C1.I. The molecule has 1 aromatic rings. The molecule has 0 spiro atoms. The summed E-state index contributed by atoms with van der Waals surface area (Å²) < 4.78 is 5.72. The fourth-order valence-corrected chi connectivity index (χ4v) is 5.70. The van der Waals surface area contributed by atoms with Gasteiger partial charge in [0.05, 0.1) is 6.54 Å². The summed E-state index contributed by atoms with van der Waals surface area (Å²) in [6.45, 7) is 12.8. The summed E-state index contributed by atoms with van der Waals surface area (Å²) >= 11 is 0. The number of benzene rings is 1. The molecule has 0 aliphatic carbocycles. The lowest BCUT2D eigenvalue weighted by atomic mass is 9.82. The van der Waals surface area contributed by atoms with Gasteiger partial charge < -0.3 is 15.0 Å². The van der Waals surface area contributed by atoms with E-state index in [1.807, 2.05) is 0 Å². The van der Waals surface area contributed by atoms with Crippen LogP contribution in [0.1, 0.15) is 57.4 Å². The van der Waals surface area contributed by atoms with Crippen LogP contribution in [0.5, 0.6) is 0 Å². The maximum atomic E-state index is 5.72. The number of likely N-dealkylation sites (tertiary alicyclic amines) is 2. The van der Waals surface area contributed by atoms with Crippen LogP contribution in [0.25, 0.3) is 0 Å². The van der Waals surface area contributed by atoms with E-state index in [4.69, 9.17) is 9.73 Å². The molecule has 0 amide bonds. The third kappa shape index (κ3) is 5.93. The number of nitrogens with one attached hydrogen (secondary N) is 1. The van der Waals surface area contributed by atoms with Crippen molar-refractivity contribution in [2.24, 2.45) is 10.9 Å². The quantitative estimate of drug-likeness (QED) is 0.343. The number of rotatable bonds is 5. The molecular weight excluding hydrogens is 499 g/mol. The fraction of sp³-hybridized carbons (Fsp3) is 0.720. The first-order valence-electron chi connectivity index (χ1n) is 12.1. The molecule has 174 valence electrons. The lowest BCUT2D eigenvalue weighted by molar-refractivity contribution is -0.0140. The third-order valence-corrected chi connectivity index (χ3v) is 7.49. The molecule has 3 saturated heterocycles. The lowest BCUT2D eigenvalue weighted by Gasteiger charge is -2.44. The van der Waals surface area contributed by atoms with Gasteiger partial charge in [0.2, 0.25) is 0 Å². The van der Waals surface area contributed by atoms with Crippen LogP contribution in [0, 0.1) is 5.92 Å². The number of hydrogen-bond donors (Lipinski definition) is 1. The molecule has 3 heterocycles. The molecule has 0 saturated carbocycles. The number of nitrogens with zero attached hydrogens (tertiary/aromatic N) is 3. The van der Waals surface area contributed by atoms with E-state index in [1.165, 1.54) is 37.9 Å². The molecule has 6 heteroatoms. The average molecular weight is 541 g/mol. The molecule has 2 unspecified atom stereocenters. The first-order valence-corrected chi connectivity index (χ1v) is 12.1. The van der Waals surface area contributed by atoms with Crippen molar-refractivity contribution in [3.8, 4) is 0 Å². The van der Waals surface area contributed by atoms with Gasteiger partial charge in [-0.1, -0.05) is 37.3 Å². The van der Waals surface area contributed by atoms with Crippen LogP contribution >= 0.6 is 24.0 Å². The van der Waals surface area contributed by atoms with Crippen molar-refractivity contribution in [1.82, 2.24) is 15.1 Å². The Labute approximate surface area is 206 Å². The van der Waals surface area contributed by atoms with E-state index in [9.17, 15) is 0 Å². The Morgan fingerprint density at radius 3 is 2.48 bits per heavy atom. The van der Waals surface area contributed by atoms with Crippen molar-refractivity contribution in [2.75, 3.05) is 52.5 Å². The molecule has 3 aliphatic heterocycles. The van der Waals surface area contributed by atoms with Gasteiger partial charge in [0.15, 0.2) is 5.96 Å². The van der Waals surface area contributed by atoms with Gasteiger partial charge in [0.25, 0.3) is 0 Å². The Balaban J connectivity index is 0.00000272. The van der Waals surface area contributed by atoms with Crippen molar-refractivity contribution < 1.29 is 4.74 Å². The normalized spacial score (nSPS) is 27.0. The van der Waals surface area contributed by atoms with Crippen molar-refractivity contribution in [3.63, 3.8) is 0 Å². The summed E-state index contributed by atoms with van der Waals surface area (Å²) in [7, 11) is 0. The molecule has 5 nitrogen and oxygen atoms in total. The van der Waals surface area contributed by atoms with Crippen LogP contribution in [0.15, 0.2) is 35.3 Å². The molecule has 4 rings (SSSR count). The van der Waals surface area contributed by atoms with Crippen molar-refractivity contribution in [2.45, 2.75) is 57.4 Å². The molecular formula is C25H41IN4O. The second-order valence-electron chi connectivity index (χ2n) is 9.43. The molecule has 3 aliphatic rings. The third-order valence-electron chi connectivity index (χ3n) is 7.49. The van der Waals surface area contributed by atoms with E-state index in [-0.39, 0.29) is 29.5 Å². The second-order valence-corrected chi connectivity index (χ2v) is 9.43. The summed E-state index contributed by atoms with van der Waals surface area (Å²) in [6.07, 6.45) is 6.08. The summed E-state index contributed by atoms with van der Waals surface area (Å²) in [5.74, 6) is 2.39. The number of ether oxygens (including phenoxy) is 1. The number of hydrogen-bond acceptors (Lipinski definition) is 3. The van der Waals surface area contributed by atoms with Crippen LogP contribution in [0.4, 0.5) is 0 Å². The van der Waals surface area contributed by atoms with Crippen LogP contribution in [0.2, 0.25) is 0 Å². The van der Waals surface area contributed by atoms with Crippen LogP contribution in [-0.4, -0.2) is 73.8 Å². The highest BCUT2D eigenvalue weighted by molar-refractivity contribution is 14.0. The van der Waals surface area contributed by atoms with Crippen LogP contribution < -0.4 is 5.32 Å². The smallest absolute Gasteiger partial charge is 0.193 e. The lowest BCUT2D eigenvalue weighted by Crippen LogP contribution is -2.54. The number of aliphatic imine (C=N–C) groups is 1. The van der Waals surface area contributed by atoms with E-state index < -0.39 is 0 Å². The molecule has 2 atom stereocenters. The molecule has 1 aromatic carbocycles. The van der Waals surface area contributed by atoms with Crippen LogP contribution in [-0.2, 0) is 4.74 Å². The Morgan fingerprint density at radius 1 is 1.13 bits per heavy atom. The van der Waals surface area contributed by atoms with Gasteiger partial charge in [-0.15, -0.1) is 24.0 Å². The monoisotopic (exact) mass is 540 g/mol. The topological polar surface area (TPSA) is 40.1 Å². The van der Waals surface area contributed by atoms with E-state index in [0.29, 0.717) is 11.8 Å². The average Bonchev–Trinajstić information content (AvgIpc) is 3.34. The zero-order chi connectivity index (χ0) is 20.8. The zero-order valence-electron chi connectivity index (χ0n) is 19.4. The van der Waals surface area contributed by atoms with Gasteiger partial charge in [0, 0.05) is 38.4 Å². The predicted octanol–water partition coefficient (Wildman–Crippen LogP) is 4.34. The molecule has 3 fully saturated rings. The maximum Gasteiger partial charge on any atom is 0.193 e. The molecule has 0 radical (unpaired) electrons. The van der Waals surface area contributed by atoms with E-state index in [0.717, 1.165) is 58.2 Å². The van der Waals surface area contributed by atoms with Crippen LogP contribution in [0.3, 0.4) is 0 Å². The van der Waals surface area contributed by atoms with E-state index >= 15 is 0 Å². The highest BCUT2D eigenvalue weighted by Crippen LogP contribution is 2.34. The van der Waals surface area contributed by atoms with Gasteiger partial charge in [0.1, 0.15) is 0 Å². The second kappa shape index (κ2) is 11.8. The number of halogens is 1. The van der Waals surface area contributed by atoms with Gasteiger partial charge in [-0.05, 0) is 69.5 Å². The summed E-state index contributed by atoms with van der Waals surface area (Å²) in [5, 5.41) is 3.60. The van der Waals surface area contributed by atoms with Crippen molar-refractivity contribution >= 4 is 29.9 Å². The molecule has 0 aromatic heterocycles. The summed E-state index contributed by atoms with van der Waals surface area (Å²) in [6, 6.07) is 11.0. The minimum Gasteiger partial charge on any atom is -0.381 e. The summed E-state index contributed by atoms with van der Waals surface area (Å²) in [5.41, 5.74) is 1.69. The fourth-order valence-electron chi connectivity index (χ4n) is 5.70.